The van der Waals surface area contributed by atoms with Crippen LogP contribution in [0.25, 0.3) is 0 Å². The molecular formula is C14H22N2O2. The minimum absolute atomic E-state index is 0.350. The van der Waals surface area contributed by atoms with Crippen molar-refractivity contribution in [3.8, 4) is 5.75 Å². The van der Waals surface area contributed by atoms with Crippen LogP contribution in [0.1, 0.15) is 12.8 Å². The predicted octanol–water partition coefficient (Wildman–Crippen LogP) is 1.64. The standard InChI is InChI=1S/C14H22N2O2/c1-17-10-11-18-14-5-3-2-4-13(14)16-8-6-12(15)7-9-16/h2-5,12H,6-11,15H2,1H3. The summed E-state index contributed by atoms with van der Waals surface area (Å²) in [7, 11) is 1.68. The third-order valence-electron chi connectivity index (χ3n) is 3.29. The summed E-state index contributed by atoms with van der Waals surface area (Å²) >= 11 is 0. The predicted molar refractivity (Wildman–Crippen MR) is 73.2 cm³/mol. The van der Waals surface area contributed by atoms with Gasteiger partial charge in [-0.2, -0.15) is 0 Å². The molecule has 4 nitrogen and oxygen atoms in total. The Morgan fingerprint density at radius 3 is 2.67 bits per heavy atom. The Balaban J connectivity index is 2.02. The summed E-state index contributed by atoms with van der Waals surface area (Å²) in [5, 5.41) is 0. The summed E-state index contributed by atoms with van der Waals surface area (Å²) in [5.74, 6) is 0.935. The van der Waals surface area contributed by atoms with Gasteiger partial charge in [0.1, 0.15) is 12.4 Å². The number of rotatable bonds is 5. The molecule has 100 valence electrons. The quantitative estimate of drug-likeness (QED) is 0.807. The summed E-state index contributed by atoms with van der Waals surface area (Å²) in [6, 6.07) is 8.52. The number of para-hydroxylation sites is 2. The Morgan fingerprint density at radius 2 is 1.94 bits per heavy atom. The van der Waals surface area contributed by atoms with Crippen LogP contribution >= 0.6 is 0 Å². The molecule has 0 radical (unpaired) electrons. The van der Waals surface area contributed by atoms with Crippen LogP contribution in [0.5, 0.6) is 5.75 Å². The van der Waals surface area contributed by atoms with Crippen LogP contribution < -0.4 is 15.4 Å². The van der Waals surface area contributed by atoms with Crippen LogP contribution in [0, 0.1) is 0 Å². The van der Waals surface area contributed by atoms with Gasteiger partial charge in [0.2, 0.25) is 0 Å². The summed E-state index contributed by atoms with van der Waals surface area (Å²) in [5.41, 5.74) is 7.10. The van der Waals surface area contributed by atoms with E-state index in [1.54, 1.807) is 7.11 Å². The fraction of sp³-hybridized carbons (Fsp3) is 0.571. The lowest BCUT2D eigenvalue weighted by atomic mass is 10.1. The number of hydrogen-bond donors (Lipinski definition) is 1. The van der Waals surface area contributed by atoms with Gasteiger partial charge in [0, 0.05) is 26.2 Å². The molecule has 0 saturated carbocycles. The van der Waals surface area contributed by atoms with E-state index in [4.69, 9.17) is 15.2 Å². The number of benzene rings is 1. The largest absolute Gasteiger partial charge is 0.489 e. The van der Waals surface area contributed by atoms with Crippen LogP contribution in [0.15, 0.2) is 24.3 Å². The average molecular weight is 250 g/mol. The molecule has 1 fully saturated rings. The van der Waals surface area contributed by atoms with Gasteiger partial charge in [-0.1, -0.05) is 12.1 Å². The van der Waals surface area contributed by atoms with Gasteiger partial charge in [0.05, 0.1) is 12.3 Å². The first-order valence-electron chi connectivity index (χ1n) is 6.52. The Morgan fingerprint density at radius 1 is 1.22 bits per heavy atom. The van der Waals surface area contributed by atoms with E-state index < -0.39 is 0 Å². The number of methoxy groups -OCH3 is 1. The number of nitrogens with zero attached hydrogens (tertiary/aromatic N) is 1. The van der Waals surface area contributed by atoms with E-state index in [-0.39, 0.29) is 0 Å². The van der Waals surface area contributed by atoms with E-state index in [0.29, 0.717) is 19.3 Å². The Kier molecular flexibility index (Phi) is 4.84. The Labute approximate surface area is 109 Å². The molecular weight excluding hydrogens is 228 g/mol. The highest BCUT2D eigenvalue weighted by Crippen LogP contribution is 2.29. The second-order valence-electron chi connectivity index (χ2n) is 4.63. The van der Waals surface area contributed by atoms with Crippen LogP contribution in [0.3, 0.4) is 0 Å². The van der Waals surface area contributed by atoms with Crippen LogP contribution in [-0.4, -0.2) is 39.5 Å². The molecule has 1 heterocycles. The number of ether oxygens (including phenoxy) is 2. The highest BCUT2D eigenvalue weighted by molar-refractivity contribution is 5.58. The molecule has 0 amide bonds. The molecule has 2 N–H and O–H groups in total. The number of hydrogen-bond acceptors (Lipinski definition) is 4. The highest BCUT2D eigenvalue weighted by Gasteiger charge is 2.18. The zero-order valence-electron chi connectivity index (χ0n) is 11.0. The minimum Gasteiger partial charge on any atom is -0.489 e. The fourth-order valence-corrected chi connectivity index (χ4v) is 2.22. The first kappa shape index (κ1) is 13.2. The molecule has 0 unspecified atom stereocenters. The van der Waals surface area contributed by atoms with Crippen molar-refractivity contribution in [3.63, 3.8) is 0 Å². The molecule has 1 aromatic carbocycles. The van der Waals surface area contributed by atoms with Gasteiger partial charge in [-0.3, -0.25) is 0 Å². The van der Waals surface area contributed by atoms with Crippen molar-refractivity contribution in [2.75, 3.05) is 38.3 Å². The molecule has 0 aliphatic carbocycles. The van der Waals surface area contributed by atoms with Crippen molar-refractivity contribution in [1.82, 2.24) is 0 Å². The SMILES string of the molecule is COCCOc1ccccc1N1CCC(N)CC1. The third-order valence-corrected chi connectivity index (χ3v) is 3.29. The van der Waals surface area contributed by atoms with Gasteiger partial charge < -0.3 is 20.1 Å². The van der Waals surface area contributed by atoms with Gasteiger partial charge in [-0.15, -0.1) is 0 Å². The van der Waals surface area contributed by atoms with Crippen molar-refractivity contribution < 1.29 is 9.47 Å². The van der Waals surface area contributed by atoms with Gasteiger partial charge in [-0.25, -0.2) is 0 Å². The number of anilines is 1. The second kappa shape index (κ2) is 6.61. The van der Waals surface area contributed by atoms with E-state index in [1.165, 1.54) is 5.69 Å². The summed E-state index contributed by atoms with van der Waals surface area (Å²) in [6.45, 7) is 3.21. The second-order valence-corrected chi connectivity index (χ2v) is 4.63. The Hall–Kier alpha value is -1.26. The van der Waals surface area contributed by atoms with Gasteiger partial charge in [0.15, 0.2) is 0 Å². The highest BCUT2D eigenvalue weighted by atomic mass is 16.5. The lowest BCUT2D eigenvalue weighted by molar-refractivity contribution is 0.146. The summed E-state index contributed by atoms with van der Waals surface area (Å²) in [4.78, 5) is 2.35. The molecule has 0 spiro atoms. The number of nitrogens with two attached hydrogens (primary N) is 1. The van der Waals surface area contributed by atoms with Crippen LogP contribution in [-0.2, 0) is 4.74 Å². The summed E-state index contributed by atoms with van der Waals surface area (Å²) < 4.78 is 10.8. The lowest BCUT2D eigenvalue weighted by Crippen LogP contribution is -2.39. The maximum atomic E-state index is 5.94. The van der Waals surface area contributed by atoms with E-state index in [1.807, 2.05) is 18.2 Å². The molecule has 1 aliphatic heterocycles. The monoisotopic (exact) mass is 250 g/mol. The third kappa shape index (κ3) is 3.37. The van der Waals surface area contributed by atoms with E-state index in [9.17, 15) is 0 Å². The first-order valence-corrected chi connectivity index (χ1v) is 6.52. The molecule has 0 aromatic heterocycles. The van der Waals surface area contributed by atoms with E-state index in [2.05, 4.69) is 11.0 Å². The Bertz CT molecular complexity index is 363. The zero-order valence-corrected chi connectivity index (χ0v) is 11.0. The zero-order chi connectivity index (χ0) is 12.8. The molecule has 1 aromatic rings. The normalized spacial score (nSPS) is 16.9. The molecule has 4 heteroatoms. The van der Waals surface area contributed by atoms with Crippen molar-refractivity contribution in [3.05, 3.63) is 24.3 Å². The fourth-order valence-electron chi connectivity index (χ4n) is 2.22. The number of piperidine rings is 1. The van der Waals surface area contributed by atoms with Crippen molar-refractivity contribution >= 4 is 5.69 Å². The molecule has 0 bridgehead atoms. The van der Waals surface area contributed by atoms with Crippen LogP contribution in [0.2, 0.25) is 0 Å². The van der Waals surface area contributed by atoms with Gasteiger partial charge >= 0.3 is 0 Å². The smallest absolute Gasteiger partial charge is 0.142 e. The van der Waals surface area contributed by atoms with E-state index in [0.717, 1.165) is 31.7 Å². The molecule has 1 aliphatic rings. The topological polar surface area (TPSA) is 47.7 Å². The minimum atomic E-state index is 0.350. The maximum absolute atomic E-state index is 5.94. The van der Waals surface area contributed by atoms with Gasteiger partial charge in [-0.05, 0) is 25.0 Å². The molecule has 2 rings (SSSR count). The average Bonchev–Trinajstić information content (AvgIpc) is 2.41. The van der Waals surface area contributed by atoms with Gasteiger partial charge in [0.25, 0.3) is 0 Å². The van der Waals surface area contributed by atoms with Crippen molar-refractivity contribution in [2.24, 2.45) is 5.73 Å². The lowest BCUT2D eigenvalue weighted by Gasteiger charge is -2.33. The van der Waals surface area contributed by atoms with Crippen molar-refractivity contribution in [1.29, 1.82) is 0 Å². The first-order chi connectivity index (χ1) is 8.81. The van der Waals surface area contributed by atoms with E-state index >= 15 is 0 Å². The molecule has 18 heavy (non-hydrogen) atoms. The van der Waals surface area contributed by atoms with Crippen molar-refractivity contribution in [2.45, 2.75) is 18.9 Å². The summed E-state index contributed by atoms with van der Waals surface area (Å²) in [6.07, 6.45) is 2.10. The maximum Gasteiger partial charge on any atom is 0.142 e. The molecule has 1 saturated heterocycles. The van der Waals surface area contributed by atoms with Crippen LogP contribution in [0.4, 0.5) is 5.69 Å². The molecule has 0 atom stereocenters.